The van der Waals surface area contributed by atoms with Crippen molar-refractivity contribution in [3.63, 3.8) is 0 Å². The van der Waals surface area contributed by atoms with Gasteiger partial charge in [0.25, 0.3) is 5.91 Å². The van der Waals surface area contributed by atoms with Crippen molar-refractivity contribution in [1.29, 1.82) is 0 Å². The lowest BCUT2D eigenvalue weighted by atomic mass is 10.1. The maximum atomic E-state index is 12.3. The molecule has 2 heterocycles. The number of carbonyl (C=O) groups excluding carboxylic acids is 1. The second-order valence-corrected chi connectivity index (χ2v) is 5.48. The van der Waals surface area contributed by atoms with Gasteiger partial charge in [0.1, 0.15) is 0 Å². The summed E-state index contributed by atoms with van der Waals surface area (Å²) in [7, 11) is 0. The molecule has 1 aromatic heterocycles. The molecule has 1 saturated carbocycles. The quantitative estimate of drug-likeness (QED) is 0.805. The zero-order valence-electron chi connectivity index (χ0n) is 9.19. The van der Waals surface area contributed by atoms with Gasteiger partial charge >= 0.3 is 0 Å². The van der Waals surface area contributed by atoms with E-state index in [0.717, 1.165) is 24.4 Å². The topological polar surface area (TPSA) is 32.3 Å². The first kappa shape index (κ1) is 10.3. The van der Waals surface area contributed by atoms with Crippen molar-refractivity contribution >= 4 is 17.2 Å². The van der Waals surface area contributed by atoms with Crippen LogP contribution in [-0.2, 0) is 0 Å². The highest BCUT2D eigenvalue weighted by Gasteiger charge is 2.37. The molecule has 0 spiro atoms. The Balaban J connectivity index is 1.80. The summed E-state index contributed by atoms with van der Waals surface area (Å²) in [4.78, 5) is 15.3. The van der Waals surface area contributed by atoms with Crippen LogP contribution in [0.3, 0.4) is 0 Å². The number of carbonyl (C=O) groups is 1. The van der Waals surface area contributed by atoms with Gasteiger partial charge in [-0.15, -0.1) is 11.3 Å². The molecule has 0 aromatic carbocycles. The summed E-state index contributed by atoms with van der Waals surface area (Å²) in [6.07, 6.45) is 3.63. The van der Waals surface area contributed by atoms with Crippen LogP contribution in [0, 0.1) is 0 Å². The lowest BCUT2D eigenvalue weighted by Crippen LogP contribution is -2.57. The number of thiophene rings is 1. The van der Waals surface area contributed by atoms with E-state index < -0.39 is 0 Å². The number of piperazine rings is 1. The van der Waals surface area contributed by atoms with Crippen molar-refractivity contribution in [2.75, 3.05) is 13.1 Å². The Labute approximate surface area is 99.5 Å². The van der Waals surface area contributed by atoms with Gasteiger partial charge in [-0.25, -0.2) is 0 Å². The van der Waals surface area contributed by atoms with Crippen LogP contribution in [0.25, 0.3) is 0 Å². The minimum atomic E-state index is 0.230. The van der Waals surface area contributed by atoms with E-state index in [0.29, 0.717) is 12.1 Å². The molecule has 3 nitrogen and oxygen atoms in total. The molecule has 86 valence electrons. The third-order valence-corrected chi connectivity index (χ3v) is 4.49. The summed E-state index contributed by atoms with van der Waals surface area (Å²) in [6.45, 7) is 1.80. The SMILES string of the molecule is O=C(c1cccs1)N1CCNC2CCCC21. The second kappa shape index (κ2) is 4.18. The predicted molar refractivity (Wildman–Crippen MR) is 64.8 cm³/mol. The highest BCUT2D eigenvalue weighted by Crippen LogP contribution is 2.28. The first-order valence-electron chi connectivity index (χ1n) is 5.94. The minimum absolute atomic E-state index is 0.230. The van der Waals surface area contributed by atoms with Crippen LogP contribution in [0.15, 0.2) is 17.5 Å². The van der Waals surface area contributed by atoms with Gasteiger partial charge < -0.3 is 10.2 Å². The largest absolute Gasteiger partial charge is 0.332 e. The van der Waals surface area contributed by atoms with Gasteiger partial charge in [0, 0.05) is 25.2 Å². The lowest BCUT2D eigenvalue weighted by molar-refractivity contribution is 0.0604. The summed E-state index contributed by atoms with van der Waals surface area (Å²) in [5.74, 6) is 0.230. The van der Waals surface area contributed by atoms with Crippen LogP contribution < -0.4 is 5.32 Å². The highest BCUT2D eigenvalue weighted by molar-refractivity contribution is 7.12. The van der Waals surface area contributed by atoms with Gasteiger partial charge in [-0.1, -0.05) is 6.07 Å². The number of amides is 1. The molecule has 2 aliphatic rings. The first-order valence-corrected chi connectivity index (χ1v) is 6.82. The van der Waals surface area contributed by atoms with Gasteiger partial charge in [0.15, 0.2) is 0 Å². The van der Waals surface area contributed by atoms with Crippen LogP contribution in [0.2, 0.25) is 0 Å². The van der Waals surface area contributed by atoms with E-state index in [1.165, 1.54) is 12.8 Å². The fourth-order valence-electron chi connectivity index (χ4n) is 2.88. The molecule has 1 aromatic rings. The number of rotatable bonds is 1. The fraction of sp³-hybridized carbons (Fsp3) is 0.583. The Kier molecular flexibility index (Phi) is 2.69. The molecule has 1 amide bonds. The van der Waals surface area contributed by atoms with Crippen LogP contribution in [0.5, 0.6) is 0 Å². The molecule has 1 N–H and O–H groups in total. The molecule has 4 heteroatoms. The van der Waals surface area contributed by atoms with E-state index in [4.69, 9.17) is 0 Å². The van der Waals surface area contributed by atoms with Gasteiger partial charge in [0.05, 0.1) is 4.88 Å². The number of nitrogens with zero attached hydrogens (tertiary/aromatic N) is 1. The molecule has 0 radical (unpaired) electrons. The minimum Gasteiger partial charge on any atom is -0.332 e. The Hall–Kier alpha value is -0.870. The lowest BCUT2D eigenvalue weighted by Gasteiger charge is -2.38. The zero-order chi connectivity index (χ0) is 11.0. The number of fused-ring (bicyclic) bond motifs is 1. The molecular weight excluding hydrogens is 220 g/mol. The van der Waals surface area contributed by atoms with E-state index in [2.05, 4.69) is 10.2 Å². The molecule has 1 aliphatic heterocycles. The summed E-state index contributed by atoms with van der Waals surface area (Å²) >= 11 is 1.55. The van der Waals surface area contributed by atoms with Crippen LogP contribution in [0.1, 0.15) is 28.9 Å². The van der Waals surface area contributed by atoms with E-state index >= 15 is 0 Å². The standard InChI is InChI=1S/C12H16N2OS/c15-12(11-5-2-8-16-11)14-7-6-13-9-3-1-4-10(9)14/h2,5,8-10,13H,1,3-4,6-7H2. The zero-order valence-corrected chi connectivity index (χ0v) is 10.0. The first-order chi connectivity index (χ1) is 7.86. The molecule has 1 aliphatic carbocycles. The normalized spacial score (nSPS) is 29.1. The second-order valence-electron chi connectivity index (χ2n) is 4.53. The monoisotopic (exact) mass is 236 g/mol. The van der Waals surface area contributed by atoms with Gasteiger partial charge in [-0.3, -0.25) is 4.79 Å². The smallest absolute Gasteiger partial charge is 0.264 e. The van der Waals surface area contributed by atoms with Crippen LogP contribution in [-0.4, -0.2) is 36.0 Å². The predicted octanol–water partition coefficient (Wildman–Crippen LogP) is 1.71. The molecule has 1 saturated heterocycles. The summed E-state index contributed by atoms with van der Waals surface area (Å²) in [6, 6.07) is 4.85. The van der Waals surface area contributed by atoms with E-state index in [1.54, 1.807) is 11.3 Å². The summed E-state index contributed by atoms with van der Waals surface area (Å²) < 4.78 is 0. The Morgan fingerprint density at radius 3 is 3.25 bits per heavy atom. The number of hydrogen-bond donors (Lipinski definition) is 1. The van der Waals surface area contributed by atoms with Crippen molar-refractivity contribution in [1.82, 2.24) is 10.2 Å². The van der Waals surface area contributed by atoms with Gasteiger partial charge in [-0.2, -0.15) is 0 Å². The molecular formula is C12H16N2OS. The highest BCUT2D eigenvalue weighted by atomic mass is 32.1. The van der Waals surface area contributed by atoms with Crippen molar-refractivity contribution in [3.05, 3.63) is 22.4 Å². The third-order valence-electron chi connectivity index (χ3n) is 3.63. The van der Waals surface area contributed by atoms with Crippen LogP contribution >= 0.6 is 11.3 Å². The molecule has 2 atom stereocenters. The van der Waals surface area contributed by atoms with Crippen LogP contribution in [0.4, 0.5) is 0 Å². The molecule has 16 heavy (non-hydrogen) atoms. The maximum absolute atomic E-state index is 12.3. The maximum Gasteiger partial charge on any atom is 0.264 e. The summed E-state index contributed by atoms with van der Waals surface area (Å²) in [5, 5.41) is 5.49. The van der Waals surface area contributed by atoms with Crippen molar-refractivity contribution in [2.45, 2.75) is 31.3 Å². The Morgan fingerprint density at radius 2 is 2.44 bits per heavy atom. The van der Waals surface area contributed by atoms with E-state index in [9.17, 15) is 4.79 Å². The van der Waals surface area contributed by atoms with E-state index in [-0.39, 0.29) is 5.91 Å². The van der Waals surface area contributed by atoms with Crippen molar-refractivity contribution in [3.8, 4) is 0 Å². The average Bonchev–Trinajstić information content (AvgIpc) is 2.98. The summed E-state index contributed by atoms with van der Waals surface area (Å²) in [5.41, 5.74) is 0. The Morgan fingerprint density at radius 1 is 1.50 bits per heavy atom. The van der Waals surface area contributed by atoms with E-state index in [1.807, 2.05) is 17.5 Å². The number of hydrogen-bond acceptors (Lipinski definition) is 3. The molecule has 3 rings (SSSR count). The van der Waals surface area contributed by atoms with Gasteiger partial charge in [0.2, 0.25) is 0 Å². The molecule has 2 unspecified atom stereocenters. The average molecular weight is 236 g/mol. The third kappa shape index (κ3) is 1.66. The van der Waals surface area contributed by atoms with Crippen molar-refractivity contribution in [2.24, 2.45) is 0 Å². The fourth-order valence-corrected chi connectivity index (χ4v) is 3.56. The van der Waals surface area contributed by atoms with Gasteiger partial charge in [-0.05, 0) is 30.7 Å². The van der Waals surface area contributed by atoms with Crippen molar-refractivity contribution < 1.29 is 4.79 Å². The Bertz CT molecular complexity index is 376. The molecule has 2 fully saturated rings. The molecule has 0 bridgehead atoms. The number of nitrogens with one attached hydrogen (secondary N) is 1.